The molecule has 2 rings (SSSR count). The van der Waals surface area contributed by atoms with Crippen LogP contribution in [0, 0.1) is 0 Å². The van der Waals surface area contributed by atoms with Gasteiger partial charge in [-0.3, -0.25) is 4.99 Å². The van der Waals surface area contributed by atoms with E-state index >= 15 is 0 Å². The van der Waals surface area contributed by atoms with Crippen molar-refractivity contribution in [1.82, 2.24) is 15.5 Å². The molecule has 1 fully saturated rings. The van der Waals surface area contributed by atoms with E-state index in [0.717, 1.165) is 50.6 Å². The predicted molar refractivity (Wildman–Crippen MR) is 127 cm³/mol. The zero-order valence-corrected chi connectivity index (χ0v) is 20.3. The molecule has 1 amide bonds. The number of benzene rings is 1. The molecule has 0 saturated carbocycles. The average molecular weight is 518 g/mol. The van der Waals surface area contributed by atoms with Gasteiger partial charge < -0.3 is 25.0 Å². The molecular weight excluding hydrogens is 483 g/mol. The lowest BCUT2D eigenvalue weighted by Crippen LogP contribution is -2.44. The van der Waals surface area contributed by atoms with Crippen LogP contribution < -0.4 is 15.4 Å². The molecule has 1 aromatic carbocycles. The van der Waals surface area contributed by atoms with Gasteiger partial charge in [0.15, 0.2) is 5.96 Å². The monoisotopic (exact) mass is 518 g/mol. The Bertz CT molecular complexity index is 635. The Labute approximate surface area is 191 Å². The second kappa shape index (κ2) is 12.8. The maximum absolute atomic E-state index is 11.9. The molecule has 0 aliphatic carbocycles. The van der Waals surface area contributed by atoms with Crippen LogP contribution in [0.3, 0.4) is 0 Å². The normalized spacial score (nSPS) is 16.8. The third-order valence-electron chi connectivity index (χ3n) is 4.29. The van der Waals surface area contributed by atoms with Gasteiger partial charge in [0.1, 0.15) is 11.4 Å². The van der Waals surface area contributed by atoms with Gasteiger partial charge in [0.05, 0.1) is 12.6 Å². The highest BCUT2D eigenvalue weighted by Crippen LogP contribution is 2.12. The summed E-state index contributed by atoms with van der Waals surface area (Å²) in [4.78, 5) is 18.5. The van der Waals surface area contributed by atoms with Crippen LogP contribution in [0.5, 0.6) is 5.75 Å². The number of nitrogens with one attached hydrogen (secondary N) is 2. The highest BCUT2D eigenvalue weighted by Gasteiger charge is 2.27. The number of aliphatic imine (C=N–C) groups is 1. The summed E-state index contributed by atoms with van der Waals surface area (Å²) in [6.45, 7) is 8.73. The Hall–Kier alpha value is -1.71. The van der Waals surface area contributed by atoms with E-state index in [9.17, 15) is 4.79 Å². The van der Waals surface area contributed by atoms with Crippen molar-refractivity contribution in [3.63, 3.8) is 0 Å². The Kier molecular flexibility index (Phi) is 11.2. The molecule has 0 spiro atoms. The lowest BCUT2D eigenvalue weighted by molar-refractivity contribution is 0.0507. The largest absolute Gasteiger partial charge is 0.494 e. The first-order chi connectivity index (χ1) is 13.4. The predicted octanol–water partition coefficient (Wildman–Crippen LogP) is 3.64. The molecule has 0 bridgehead atoms. The average Bonchev–Trinajstić information content (AvgIpc) is 3.08. The maximum Gasteiger partial charge on any atom is 0.407 e. The van der Waals surface area contributed by atoms with E-state index in [1.54, 1.807) is 7.05 Å². The summed E-state index contributed by atoms with van der Waals surface area (Å²) in [5.74, 6) is 1.78. The van der Waals surface area contributed by atoms with Crippen LogP contribution in [-0.4, -0.2) is 61.9 Å². The summed E-state index contributed by atoms with van der Waals surface area (Å²) in [6.07, 6.45) is 2.49. The van der Waals surface area contributed by atoms with Gasteiger partial charge in [-0.1, -0.05) is 18.2 Å². The molecule has 1 aromatic rings. The lowest BCUT2D eigenvalue weighted by Gasteiger charge is -2.23. The van der Waals surface area contributed by atoms with Crippen molar-refractivity contribution in [2.45, 2.75) is 51.7 Å². The molecule has 8 heteroatoms. The summed E-state index contributed by atoms with van der Waals surface area (Å²) in [6, 6.07) is 9.94. The van der Waals surface area contributed by atoms with Crippen molar-refractivity contribution in [3.8, 4) is 5.75 Å². The topological polar surface area (TPSA) is 75.2 Å². The number of nitrogens with zero attached hydrogens (tertiary/aromatic N) is 2. The van der Waals surface area contributed by atoms with E-state index in [1.165, 1.54) is 0 Å². The number of alkyl carbamates (subject to hydrolysis) is 1. The molecule has 0 radical (unpaired) electrons. The summed E-state index contributed by atoms with van der Waals surface area (Å²) < 4.78 is 11.0. The first-order valence-corrected chi connectivity index (χ1v) is 10.0. The number of likely N-dealkylation sites (tertiary alicyclic amines) is 1. The third kappa shape index (κ3) is 10.0. The van der Waals surface area contributed by atoms with Crippen LogP contribution in [0.15, 0.2) is 35.3 Å². The number of hydrogen-bond donors (Lipinski definition) is 2. The molecule has 2 N–H and O–H groups in total. The highest BCUT2D eigenvalue weighted by molar-refractivity contribution is 14.0. The fourth-order valence-corrected chi connectivity index (χ4v) is 3.01. The van der Waals surface area contributed by atoms with E-state index in [0.29, 0.717) is 6.61 Å². The summed E-state index contributed by atoms with van der Waals surface area (Å²) in [7, 11) is 1.79. The second-order valence-corrected chi connectivity index (χ2v) is 7.92. The van der Waals surface area contributed by atoms with Gasteiger partial charge in [-0.15, -0.1) is 24.0 Å². The number of guanidine groups is 1. The molecule has 1 aliphatic heterocycles. The van der Waals surface area contributed by atoms with Crippen LogP contribution in [0.2, 0.25) is 0 Å². The maximum atomic E-state index is 11.9. The molecule has 1 heterocycles. The van der Waals surface area contributed by atoms with Gasteiger partial charge >= 0.3 is 6.09 Å². The molecule has 0 aromatic heterocycles. The SMILES string of the molecule is CN=C(NCCCCOc1ccccc1)N1CCC(NC(=O)OC(C)(C)C)C1.I. The number of hydrogen-bond acceptors (Lipinski definition) is 4. The molecule has 164 valence electrons. The standard InChI is InChI=1S/C21H34N4O3.HI/c1-21(2,3)28-20(26)24-17-12-14-25(16-17)19(22-4)23-13-8-9-15-27-18-10-6-5-7-11-18;/h5-7,10-11,17H,8-9,12-16H2,1-4H3,(H,22,23)(H,24,26);1H. The lowest BCUT2D eigenvalue weighted by atomic mass is 10.2. The van der Waals surface area contributed by atoms with Crippen molar-refractivity contribution in [1.29, 1.82) is 0 Å². The fraction of sp³-hybridized carbons (Fsp3) is 0.619. The van der Waals surface area contributed by atoms with Crippen LogP contribution in [-0.2, 0) is 4.74 Å². The van der Waals surface area contributed by atoms with Gasteiger partial charge in [-0.05, 0) is 52.2 Å². The number of halogens is 1. The number of unbranched alkanes of at least 4 members (excludes halogenated alkanes) is 1. The van der Waals surface area contributed by atoms with E-state index in [2.05, 4.69) is 20.5 Å². The highest BCUT2D eigenvalue weighted by atomic mass is 127. The molecular formula is C21H35IN4O3. The van der Waals surface area contributed by atoms with Crippen molar-refractivity contribution in [3.05, 3.63) is 30.3 Å². The second-order valence-electron chi connectivity index (χ2n) is 7.92. The summed E-state index contributed by atoms with van der Waals surface area (Å²) >= 11 is 0. The Balaban J connectivity index is 0.00000420. The Morgan fingerprint density at radius 1 is 1.24 bits per heavy atom. The number of amides is 1. The van der Waals surface area contributed by atoms with Crippen molar-refractivity contribution < 1.29 is 14.3 Å². The van der Waals surface area contributed by atoms with Gasteiger partial charge in [0.25, 0.3) is 0 Å². The number of carbonyl (C=O) groups excluding carboxylic acids is 1. The van der Waals surface area contributed by atoms with Crippen LogP contribution in [0.25, 0.3) is 0 Å². The minimum atomic E-state index is -0.482. The Morgan fingerprint density at radius 3 is 2.62 bits per heavy atom. The molecule has 29 heavy (non-hydrogen) atoms. The minimum absolute atomic E-state index is 0. The molecule has 1 atom stereocenters. The van der Waals surface area contributed by atoms with Crippen LogP contribution in [0.4, 0.5) is 4.79 Å². The number of carbonyl (C=O) groups is 1. The van der Waals surface area contributed by atoms with Crippen molar-refractivity contribution in [2.24, 2.45) is 4.99 Å². The fourth-order valence-electron chi connectivity index (χ4n) is 3.01. The van der Waals surface area contributed by atoms with E-state index < -0.39 is 5.60 Å². The van der Waals surface area contributed by atoms with Crippen molar-refractivity contribution >= 4 is 36.0 Å². The smallest absolute Gasteiger partial charge is 0.407 e. The number of ether oxygens (including phenoxy) is 2. The van der Waals surface area contributed by atoms with Gasteiger partial charge in [0.2, 0.25) is 0 Å². The zero-order chi connectivity index (χ0) is 20.4. The van der Waals surface area contributed by atoms with E-state index in [-0.39, 0.29) is 36.1 Å². The first-order valence-electron chi connectivity index (χ1n) is 10.0. The van der Waals surface area contributed by atoms with Crippen LogP contribution in [0.1, 0.15) is 40.0 Å². The zero-order valence-electron chi connectivity index (χ0n) is 17.9. The van der Waals surface area contributed by atoms with Gasteiger partial charge in [-0.2, -0.15) is 0 Å². The minimum Gasteiger partial charge on any atom is -0.494 e. The van der Waals surface area contributed by atoms with Gasteiger partial charge in [0, 0.05) is 26.7 Å². The molecule has 1 aliphatic rings. The summed E-state index contributed by atoms with van der Waals surface area (Å²) in [5.41, 5.74) is -0.482. The molecule has 1 unspecified atom stereocenters. The third-order valence-corrected chi connectivity index (χ3v) is 4.29. The number of rotatable bonds is 7. The van der Waals surface area contributed by atoms with Crippen LogP contribution >= 0.6 is 24.0 Å². The Morgan fingerprint density at radius 2 is 1.97 bits per heavy atom. The van der Waals surface area contributed by atoms with E-state index in [4.69, 9.17) is 9.47 Å². The quantitative estimate of drug-likeness (QED) is 0.250. The first kappa shape index (κ1) is 25.3. The van der Waals surface area contributed by atoms with Gasteiger partial charge in [-0.25, -0.2) is 4.79 Å². The number of para-hydroxylation sites is 1. The van der Waals surface area contributed by atoms with Crippen molar-refractivity contribution in [2.75, 3.05) is 33.3 Å². The van der Waals surface area contributed by atoms with E-state index in [1.807, 2.05) is 51.1 Å². The summed E-state index contributed by atoms with van der Waals surface area (Å²) in [5, 5.41) is 6.34. The molecule has 7 nitrogen and oxygen atoms in total. The molecule has 1 saturated heterocycles.